The maximum atomic E-state index is 13.8. The lowest BCUT2D eigenvalue weighted by molar-refractivity contribution is 0.0963. The number of nitrogens with zero attached hydrogens (tertiary/aromatic N) is 5. The van der Waals surface area contributed by atoms with Gasteiger partial charge >= 0.3 is 0 Å². The lowest BCUT2D eigenvalue weighted by Gasteiger charge is -2.38. The van der Waals surface area contributed by atoms with Crippen LogP contribution in [0.1, 0.15) is 27.0 Å². The molecule has 1 amide bonds. The molecule has 1 aliphatic rings. The minimum Gasteiger partial charge on any atom is -0.383 e. The average molecular weight is 524 g/mol. The van der Waals surface area contributed by atoms with E-state index in [1.54, 1.807) is 0 Å². The van der Waals surface area contributed by atoms with E-state index >= 15 is 0 Å². The molecule has 0 radical (unpaired) electrons. The van der Waals surface area contributed by atoms with Gasteiger partial charge in [-0.05, 0) is 65.6 Å². The van der Waals surface area contributed by atoms with Crippen LogP contribution < -0.4 is 10.6 Å². The molecule has 7 nitrogen and oxygen atoms in total. The van der Waals surface area contributed by atoms with Crippen molar-refractivity contribution in [3.8, 4) is 0 Å². The van der Waals surface area contributed by atoms with Crippen LogP contribution in [0.2, 0.25) is 0 Å². The first-order valence-corrected chi connectivity index (χ1v) is 11.1. The number of carbonyl (C=O) groups is 1. The maximum absolute atomic E-state index is 13.8. The Morgan fingerprint density at radius 2 is 1.87 bits per heavy atom. The van der Waals surface area contributed by atoms with Crippen LogP contribution >= 0.6 is 22.6 Å². The molecule has 0 bridgehead atoms. The predicted molar refractivity (Wildman–Crippen MR) is 129 cm³/mol. The van der Waals surface area contributed by atoms with E-state index in [0.717, 1.165) is 43.4 Å². The van der Waals surface area contributed by atoms with Gasteiger partial charge in [0, 0.05) is 11.3 Å². The highest BCUT2D eigenvalue weighted by Crippen LogP contribution is 2.33. The van der Waals surface area contributed by atoms with Crippen molar-refractivity contribution in [1.82, 2.24) is 19.7 Å². The van der Waals surface area contributed by atoms with Crippen LogP contribution in [0.25, 0.3) is 11.0 Å². The number of hydrogen-bond acceptors (Lipinski definition) is 5. The zero-order valence-electron chi connectivity index (χ0n) is 17.2. The van der Waals surface area contributed by atoms with Crippen molar-refractivity contribution in [2.24, 2.45) is 0 Å². The van der Waals surface area contributed by atoms with Crippen molar-refractivity contribution in [2.45, 2.75) is 32.9 Å². The first kappa shape index (κ1) is 19.9. The van der Waals surface area contributed by atoms with Crippen molar-refractivity contribution in [1.29, 1.82) is 0 Å². The van der Waals surface area contributed by atoms with Crippen molar-refractivity contribution in [3.05, 3.63) is 74.7 Å². The Kier molecular flexibility index (Phi) is 4.88. The number of benzene rings is 2. The van der Waals surface area contributed by atoms with Gasteiger partial charge in [0.1, 0.15) is 15.8 Å². The Bertz CT molecular complexity index is 1330. The molecule has 0 fully saturated rings. The minimum atomic E-state index is -0.113. The van der Waals surface area contributed by atoms with E-state index < -0.39 is 0 Å². The van der Waals surface area contributed by atoms with Gasteiger partial charge in [-0.3, -0.25) is 4.79 Å². The van der Waals surface area contributed by atoms with E-state index in [4.69, 9.17) is 5.73 Å². The van der Waals surface area contributed by atoms with E-state index in [-0.39, 0.29) is 11.9 Å². The SMILES string of the molecule is Cc1ccccc1N1C(=O)c2c(C)cccc2CC1Cn1nc(I)c2c(N)ncnc21. The summed E-state index contributed by atoms with van der Waals surface area (Å²) in [6.45, 7) is 4.53. The van der Waals surface area contributed by atoms with Crippen LogP contribution in [0.5, 0.6) is 0 Å². The molecule has 1 aliphatic heterocycles. The zero-order chi connectivity index (χ0) is 21.7. The summed E-state index contributed by atoms with van der Waals surface area (Å²) in [4.78, 5) is 24.2. The smallest absolute Gasteiger partial charge is 0.259 e. The largest absolute Gasteiger partial charge is 0.383 e. The number of amides is 1. The number of para-hydroxylation sites is 1. The number of carbonyl (C=O) groups excluding carboxylic acids is 1. The molecule has 0 saturated heterocycles. The molecule has 3 heterocycles. The Morgan fingerprint density at radius 1 is 1.10 bits per heavy atom. The Morgan fingerprint density at radius 3 is 2.68 bits per heavy atom. The molecular weight excluding hydrogens is 503 g/mol. The summed E-state index contributed by atoms with van der Waals surface area (Å²) in [5.41, 5.74) is 11.6. The second kappa shape index (κ2) is 7.60. The molecule has 1 unspecified atom stereocenters. The number of aryl methyl sites for hydroxylation is 2. The van der Waals surface area contributed by atoms with Crippen LogP contribution in [0, 0.1) is 17.5 Å². The molecule has 2 N–H and O–H groups in total. The van der Waals surface area contributed by atoms with Gasteiger partial charge in [0.2, 0.25) is 0 Å². The lowest BCUT2D eigenvalue weighted by Crippen LogP contribution is -2.48. The van der Waals surface area contributed by atoms with Gasteiger partial charge in [0.15, 0.2) is 5.65 Å². The van der Waals surface area contributed by atoms with Gasteiger partial charge in [0.25, 0.3) is 5.91 Å². The number of hydrogen-bond donors (Lipinski definition) is 1. The maximum Gasteiger partial charge on any atom is 0.259 e. The molecule has 2 aromatic carbocycles. The van der Waals surface area contributed by atoms with Gasteiger partial charge in [-0.25, -0.2) is 14.6 Å². The summed E-state index contributed by atoms with van der Waals surface area (Å²) in [5.74, 6) is 0.441. The second-order valence-electron chi connectivity index (χ2n) is 7.86. The van der Waals surface area contributed by atoms with Crippen molar-refractivity contribution < 1.29 is 4.79 Å². The Balaban J connectivity index is 1.65. The first-order chi connectivity index (χ1) is 15.0. The molecule has 5 rings (SSSR count). The van der Waals surface area contributed by atoms with Crippen LogP contribution in [0.4, 0.5) is 11.5 Å². The summed E-state index contributed by atoms with van der Waals surface area (Å²) < 4.78 is 2.60. The molecular formula is C23H21IN6O. The summed E-state index contributed by atoms with van der Waals surface area (Å²) in [5, 5.41) is 5.43. The van der Waals surface area contributed by atoms with E-state index in [1.165, 1.54) is 6.33 Å². The molecule has 0 saturated carbocycles. The van der Waals surface area contributed by atoms with Gasteiger partial charge in [-0.1, -0.05) is 36.4 Å². The third-order valence-electron chi connectivity index (χ3n) is 5.89. The second-order valence-corrected chi connectivity index (χ2v) is 8.88. The molecule has 1 atom stereocenters. The van der Waals surface area contributed by atoms with Crippen LogP contribution in [0.3, 0.4) is 0 Å². The monoisotopic (exact) mass is 524 g/mol. The minimum absolute atomic E-state index is 0.0268. The molecule has 0 spiro atoms. The van der Waals surface area contributed by atoms with Gasteiger partial charge in [-0.2, -0.15) is 5.10 Å². The topological polar surface area (TPSA) is 89.9 Å². The number of anilines is 2. The molecule has 2 aromatic heterocycles. The Hall–Kier alpha value is -3.01. The average Bonchev–Trinajstić information content (AvgIpc) is 3.05. The summed E-state index contributed by atoms with van der Waals surface area (Å²) in [7, 11) is 0. The number of halogens is 1. The quantitative estimate of drug-likeness (QED) is 0.411. The molecule has 4 aromatic rings. The number of nitrogen functional groups attached to an aromatic ring is 1. The summed E-state index contributed by atoms with van der Waals surface area (Å²) >= 11 is 2.16. The Labute approximate surface area is 193 Å². The van der Waals surface area contributed by atoms with Crippen molar-refractivity contribution in [2.75, 3.05) is 10.6 Å². The van der Waals surface area contributed by atoms with Crippen LogP contribution in [0.15, 0.2) is 48.8 Å². The van der Waals surface area contributed by atoms with Crippen LogP contribution in [-0.4, -0.2) is 31.7 Å². The highest BCUT2D eigenvalue weighted by atomic mass is 127. The molecule has 8 heteroatoms. The fraction of sp³-hybridized carbons (Fsp3) is 0.217. The van der Waals surface area contributed by atoms with E-state index in [0.29, 0.717) is 18.0 Å². The fourth-order valence-corrected chi connectivity index (χ4v) is 5.21. The van der Waals surface area contributed by atoms with Crippen LogP contribution in [-0.2, 0) is 13.0 Å². The number of aromatic nitrogens is 4. The third-order valence-corrected chi connectivity index (χ3v) is 6.64. The van der Waals surface area contributed by atoms with Gasteiger partial charge < -0.3 is 10.6 Å². The molecule has 31 heavy (non-hydrogen) atoms. The number of nitrogens with two attached hydrogens (primary N) is 1. The highest BCUT2D eigenvalue weighted by molar-refractivity contribution is 14.1. The van der Waals surface area contributed by atoms with Gasteiger partial charge in [0.05, 0.1) is 18.0 Å². The predicted octanol–water partition coefficient (Wildman–Crippen LogP) is 3.90. The lowest BCUT2D eigenvalue weighted by atomic mass is 9.89. The van der Waals surface area contributed by atoms with E-state index in [9.17, 15) is 4.79 Å². The number of fused-ring (bicyclic) bond motifs is 2. The van der Waals surface area contributed by atoms with E-state index in [1.807, 2.05) is 65.9 Å². The number of rotatable bonds is 3. The zero-order valence-corrected chi connectivity index (χ0v) is 19.4. The standard InChI is InChI=1S/C23H21IN6O/c1-13-6-3-4-9-17(13)30-16(10-15-8-5-7-14(2)18(15)23(30)31)11-29-22-19(20(24)28-29)21(25)26-12-27-22/h3-9,12,16H,10-11H2,1-2H3,(H2,25,26,27). The van der Waals surface area contributed by atoms with Crippen molar-refractivity contribution >= 4 is 51.0 Å². The third kappa shape index (κ3) is 3.25. The normalized spacial score (nSPS) is 16.0. The van der Waals surface area contributed by atoms with Gasteiger partial charge in [-0.15, -0.1) is 0 Å². The highest BCUT2D eigenvalue weighted by Gasteiger charge is 2.35. The molecule has 156 valence electrons. The fourth-order valence-electron chi connectivity index (χ4n) is 4.44. The summed E-state index contributed by atoms with van der Waals surface area (Å²) in [6.07, 6.45) is 2.19. The summed E-state index contributed by atoms with van der Waals surface area (Å²) in [6, 6.07) is 14.0. The molecule has 0 aliphatic carbocycles. The van der Waals surface area contributed by atoms with E-state index in [2.05, 4.69) is 37.7 Å². The van der Waals surface area contributed by atoms with Crippen molar-refractivity contribution in [3.63, 3.8) is 0 Å². The first-order valence-electron chi connectivity index (χ1n) is 10.1.